The fraction of sp³-hybridized carbons (Fsp3) is 0.240. The number of hydrogen-bond donors (Lipinski definition) is 0. The highest BCUT2D eigenvalue weighted by molar-refractivity contribution is 9.09. The highest BCUT2D eigenvalue weighted by Crippen LogP contribution is 2.41. The maximum absolute atomic E-state index is 11.5. The monoisotopic (exact) mass is 498 g/mol. The fourth-order valence-corrected chi connectivity index (χ4v) is 3.80. The van der Waals surface area contributed by atoms with E-state index in [2.05, 4.69) is 15.9 Å². The Kier molecular flexibility index (Phi) is 6.85. The van der Waals surface area contributed by atoms with Gasteiger partial charge in [0.1, 0.15) is 22.9 Å². The molecule has 166 valence electrons. The van der Waals surface area contributed by atoms with Crippen molar-refractivity contribution < 1.29 is 28.5 Å². The molecule has 0 fully saturated rings. The predicted octanol–water partition coefficient (Wildman–Crippen LogP) is 5.22. The van der Waals surface area contributed by atoms with Crippen molar-refractivity contribution in [1.82, 2.24) is 0 Å². The van der Waals surface area contributed by atoms with Crippen LogP contribution in [0.3, 0.4) is 0 Å². The molecule has 32 heavy (non-hydrogen) atoms. The molecule has 3 aromatic carbocycles. The minimum atomic E-state index is -0.524. The average Bonchev–Trinajstić information content (AvgIpc) is 3.26. The summed E-state index contributed by atoms with van der Waals surface area (Å²) in [6.45, 7) is 0.471. The Balaban J connectivity index is 1.34. The molecule has 0 N–H and O–H groups in total. The smallest absolute Gasteiger partial charge is 0.309 e. The van der Waals surface area contributed by atoms with Crippen molar-refractivity contribution in [3.8, 4) is 23.0 Å². The molecule has 2 atom stereocenters. The van der Waals surface area contributed by atoms with Crippen LogP contribution in [0.5, 0.6) is 23.0 Å². The number of halogens is 1. The van der Waals surface area contributed by atoms with Gasteiger partial charge in [0.05, 0.1) is 20.6 Å². The van der Waals surface area contributed by atoms with Crippen molar-refractivity contribution in [2.75, 3.05) is 14.2 Å². The number of ether oxygens (including phenoxy) is 5. The van der Waals surface area contributed by atoms with Gasteiger partial charge >= 0.3 is 5.97 Å². The van der Waals surface area contributed by atoms with Crippen LogP contribution in [-0.2, 0) is 22.6 Å². The third-order valence-corrected chi connectivity index (χ3v) is 6.03. The lowest BCUT2D eigenvalue weighted by Crippen LogP contribution is -2.23. The lowest BCUT2D eigenvalue weighted by Gasteiger charge is -2.17. The molecule has 0 spiro atoms. The zero-order valence-electron chi connectivity index (χ0n) is 17.7. The molecule has 0 bridgehead atoms. The summed E-state index contributed by atoms with van der Waals surface area (Å²) >= 11 is 3.68. The molecule has 3 aromatic rings. The van der Waals surface area contributed by atoms with Crippen molar-refractivity contribution in [1.29, 1.82) is 0 Å². The van der Waals surface area contributed by atoms with Gasteiger partial charge in [0.25, 0.3) is 6.29 Å². The van der Waals surface area contributed by atoms with E-state index in [0.717, 1.165) is 28.2 Å². The molecule has 6 nitrogen and oxygen atoms in total. The van der Waals surface area contributed by atoms with Gasteiger partial charge in [-0.15, -0.1) is 0 Å². The first-order valence-electron chi connectivity index (χ1n) is 10.1. The highest BCUT2D eigenvalue weighted by Gasteiger charge is 2.32. The van der Waals surface area contributed by atoms with Crippen molar-refractivity contribution in [2.24, 2.45) is 0 Å². The molecule has 4 rings (SSSR count). The maximum Gasteiger partial charge on any atom is 0.309 e. The molecule has 0 saturated heterocycles. The van der Waals surface area contributed by atoms with E-state index in [-0.39, 0.29) is 17.2 Å². The number of fused-ring (bicyclic) bond motifs is 1. The Bertz CT molecular complexity index is 1060. The second-order valence-electron chi connectivity index (χ2n) is 7.25. The third-order valence-electron chi connectivity index (χ3n) is 5.07. The highest BCUT2D eigenvalue weighted by atomic mass is 79.9. The van der Waals surface area contributed by atoms with Gasteiger partial charge in [0.15, 0.2) is 11.5 Å². The number of benzene rings is 3. The maximum atomic E-state index is 11.5. The predicted molar refractivity (Wildman–Crippen MR) is 123 cm³/mol. The second kappa shape index (κ2) is 9.96. The Labute approximate surface area is 195 Å². The second-order valence-corrected chi connectivity index (χ2v) is 8.23. The van der Waals surface area contributed by atoms with E-state index in [1.54, 1.807) is 7.11 Å². The van der Waals surface area contributed by atoms with Gasteiger partial charge in [0, 0.05) is 0 Å². The van der Waals surface area contributed by atoms with Gasteiger partial charge in [-0.3, -0.25) is 4.79 Å². The summed E-state index contributed by atoms with van der Waals surface area (Å²) in [5, 5.41) is 0. The van der Waals surface area contributed by atoms with E-state index in [0.29, 0.717) is 18.1 Å². The summed E-state index contributed by atoms with van der Waals surface area (Å²) in [6.07, 6.45) is -0.336. The topological polar surface area (TPSA) is 63.2 Å². The van der Waals surface area contributed by atoms with Crippen LogP contribution in [0, 0.1) is 0 Å². The first-order valence-corrected chi connectivity index (χ1v) is 11.0. The van der Waals surface area contributed by atoms with Gasteiger partial charge in [-0.2, -0.15) is 0 Å². The van der Waals surface area contributed by atoms with Crippen LogP contribution in [0.4, 0.5) is 0 Å². The molecule has 1 heterocycles. The molecular formula is C25H23BrO6. The number of hydrogen-bond acceptors (Lipinski definition) is 6. The summed E-state index contributed by atoms with van der Waals surface area (Å²) in [5.41, 5.74) is 2.86. The van der Waals surface area contributed by atoms with Crippen LogP contribution in [0.1, 0.15) is 21.5 Å². The normalized spacial score (nSPS) is 15.2. The summed E-state index contributed by atoms with van der Waals surface area (Å²) in [6, 6.07) is 21.0. The number of rotatable bonds is 8. The van der Waals surface area contributed by atoms with E-state index in [1.807, 2.05) is 66.7 Å². The van der Waals surface area contributed by atoms with Crippen LogP contribution < -0.4 is 18.9 Å². The van der Waals surface area contributed by atoms with Crippen LogP contribution >= 0.6 is 15.9 Å². The van der Waals surface area contributed by atoms with Crippen molar-refractivity contribution in [3.63, 3.8) is 0 Å². The lowest BCUT2D eigenvalue weighted by atomic mass is 10.1. The Morgan fingerprint density at radius 3 is 2.25 bits per heavy atom. The number of carbonyl (C=O) groups is 1. The largest absolute Gasteiger partial charge is 0.497 e. The van der Waals surface area contributed by atoms with Crippen molar-refractivity contribution in [3.05, 3.63) is 83.4 Å². The number of esters is 1. The summed E-state index contributed by atoms with van der Waals surface area (Å²) in [4.78, 5) is 11.3. The third kappa shape index (κ3) is 5.16. The summed E-state index contributed by atoms with van der Waals surface area (Å²) < 4.78 is 27.7. The van der Waals surface area contributed by atoms with Gasteiger partial charge in [-0.25, -0.2) is 0 Å². The summed E-state index contributed by atoms with van der Waals surface area (Å²) in [5.74, 6) is 2.55. The molecule has 7 heteroatoms. The van der Waals surface area contributed by atoms with Crippen molar-refractivity contribution in [2.45, 2.75) is 24.1 Å². The van der Waals surface area contributed by atoms with Gasteiger partial charge < -0.3 is 23.7 Å². The van der Waals surface area contributed by atoms with Crippen LogP contribution in [-0.4, -0.2) is 26.5 Å². The van der Waals surface area contributed by atoms with Crippen LogP contribution in [0.2, 0.25) is 0 Å². The van der Waals surface area contributed by atoms with E-state index in [1.165, 1.54) is 7.11 Å². The quantitative estimate of drug-likeness (QED) is 0.313. The molecule has 0 amide bonds. The summed E-state index contributed by atoms with van der Waals surface area (Å²) in [7, 11) is 3.02. The number of alkyl halides is 1. The first kappa shape index (κ1) is 22.0. The van der Waals surface area contributed by atoms with Gasteiger partial charge in [0.2, 0.25) is 0 Å². The van der Waals surface area contributed by atoms with E-state index < -0.39 is 6.29 Å². The minimum Gasteiger partial charge on any atom is -0.497 e. The molecule has 0 aromatic heterocycles. The van der Waals surface area contributed by atoms with Gasteiger partial charge in [-0.1, -0.05) is 46.3 Å². The van der Waals surface area contributed by atoms with Crippen LogP contribution in [0.15, 0.2) is 66.7 Å². The van der Waals surface area contributed by atoms with Crippen LogP contribution in [0.25, 0.3) is 0 Å². The van der Waals surface area contributed by atoms with E-state index in [9.17, 15) is 4.79 Å². The zero-order valence-corrected chi connectivity index (χ0v) is 19.3. The van der Waals surface area contributed by atoms with E-state index >= 15 is 0 Å². The number of carbonyl (C=O) groups excluding carboxylic acids is 1. The molecule has 1 aliphatic heterocycles. The Hall–Kier alpha value is -3.19. The first-order chi connectivity index (χ1) is 15.6. The standard InChI is InChI=1S/C25H23BrO6/c1-28-19-8-3-16(4-9-19)15-30-20-10-6-18(7-11-20)24(26)25-31-21-12-5-17(13-22(21)32-25)14-23(27)29-2/h3-13,24-25H,14-15H2,1-2H3. The van der Waals surface area contributed by atoms with Gasteiger partial charge in [-0.05, 0) is 53.1 Å². The average molecular weight is 499 g/mol. The van der Waals surface area contributed by atoms with Crippen molar-refractivity contribution >= 4 is 21.9 Å². The molecular weight excluding hydrogens is 476 g/mol. The van der Waals surface area contributed by atoms with E-state index in [4.69, 9.17) is 23.7 Å². The minimum absolute atomic E-state index is 0.186. The molecule has 2 unspecified atom stereocenters. The Morgan fingerprint density at radius 1 is 0.906 bits per heavy atom. The number of methoxy groups -OCH3 is 2. The zero-order chi connectivity index (χ0) is 22.5. The molecule has 1 aliphatic rings. The Morgan fingerprint density at radius 2 is 1.56 bits per heavy atom. The fourth-order valence-electron chi connectivity index (χ4n) is 3.28. The molecule has 0 aliphatic carbocycles. The SMILES string of the molecule is COC(=O)Cc1ccc2c(c1)OC(C(Br)c1ccc(OCc3ccc(OC)cc3)cc1)O2. The molecule has 0 saturated carbocycles. The lowest BCUT2D eigenvalue weighted by molar-refractivity contribution is -0.139. The molecule has 0 radical (unpaired) electrons.